The Bertz CT molecular complexity index is 624. The molecule has 1 aromatic rings. The largest absolute Gasteiger partial charge is 0.504 e. The maximum atomic E-state index is 12.9. The van der Waals surface area contributed by atoms with Gasteiger partial charge in [0.25, 0.3) is 0 Å². The Labute approximate surface area is 137 Å². The number of rotatable bonds is 4. The summed E-state index contributed by atoms with van der Waals surface area (Å²) >= 11 is 0. The van der Waals surface area contributed by atoms with Crippen LogP contribution in [0.4, 0.5) is 0 Å². The highest BCUT2D eigenvalue weighted by Crippen LogP contribution is 2.60. The second-order valence-corrected chi connectivity index (χ2v) is 7.98. The van der Waals surface area contributed by atoms with Gasteiger partial charge in [-0.15, -0.1) is 0 Å². The third kappa shape index (κ3) is 2.66. The Balaban J connectivity index is 1.44. The number of carbonyl (C=O) groups excluding carboxylic acids is 1. The summed E-state index contributed by atoms with van der Waals surface area (Å²) in [7, 11) is 0. The Morgan fingerprint density at radius 1 is 1.04 bits per heavy atom. The average molecular weight is 312 g/mol. The van der Waals surface area contributed by atoms with Crippen LogP contribution >= 0.6 is 0 Å². The summed E-state index contributed by atoms with van der Waals surface area (Å²) in [5, 5.41) is 18.8. The van der Waals surface area contributed by atoms with Crippen molar-refractivity contribution in [2.45, 2.75) is 44.9 Å². The Hall–Kier alpha value is -1.77. The standard InChI is InChI=1S/C20H24O3/c21-17-5-4-13(9-18(17)22)2-1-3-19(23)20-10-14-6-15(11-20)8-16(7-14)12-20/h1-2,4-5,9,14-16,21-22H,3,6-8,10-12H2. The summed E-state index contributed by atoms with van der Waals surface area (Å²) in [5.74, 6) is 2.55. The molecule has 2 N–H and O–H groups in total. The van der Waals surface area contributed by atoms with Gasteiger partial charge in [-0.3, -0.25) is 4.79 Å². The predicted octanol–water partition coefficient (Wildman–Crippen LogP) is 4.29. The van der Waals surface area contributed by atoms with E-state index in [1.807, 2.05) is 12.2 Å². The molecule has 0 unspecified atom stereocenters. The number of benzene rings is 1. The number of hydrogen-bond donors (Lipinski definition) is 2. The molecule has 4 aliphatic rings. The van der Waals surface area contributed by atoms with Gasteiger partial charge >= 0.3 is 0 Å². The normalized spacial score (nSPS) is 35.0. The lowest BCUT2D eigenvalue weighted by Crippen LogP contribution is -2.49. The molecule has 0 saturated heterocycles. The van der Waals surface area contributed by atoms with Crippen molar-refractivity contribution in [2.24, 2.45) is 23.2 Å². The van der Waals surface area contributed by atoms with Gasteiger partial charge < -0.3 is 10.2 Å². The molecule has 23 heavy (non-hydrogen) atoms. The number of ketones is 1. The SMILES string of the molecule is O=C(CC=Cc1ccc(O)c(O)c1)C12CC3CC(CC(C3)C1)C2. The van der Waals surface area contributed by atoms with E-state index in [0.717, 1.165) is 42.6 Å². The molecule has 0 radical (unpaired) electrons. The van der Waals surface area contributed by atoms with Crippen LogP contribution in [0.5, 0.6) is 11.5 Å². The Morgan fingerprint density at radius 2 is 1.65 bits per heavy atom. The van der Waals surface area contributed by atoms with Gasteiger partial charge in [-0.1, -0.05) is 18.2 Å². The van der Waals surface area contributed by atoms with Gasteiger partial charge in [-0.05, 0) is 74.0 Å². The molecule has 4 fully saturated rings. The molecule has 1 aromatic carbocycles. The molecule has 0 aliphatic heterocycles. The molecule has 4 aliphatic carbocycles. The van der Waals surface area contributed by atoms with Crippen LogP contribution in [-0.2, 0) is 4.79 Å². The maximum absolute atomic E-state index is 12.9. The van der Waals surface area contributed by atoms with E-state index in [0.29, 0.717) is 12.2 Å². The first-order valence-corrected chi connectivity index (χ1v) is 8.76. The lowest BCUT2D eigenvalue weighted by molar-refractivity contribution is -0.142. The van der Waals surface area contributed by atoms with Gasteiger partial charge in [0.05, 0.1) is 0 Å². The minimum atomic E-state index is -0.125. The fraction of sp³-hybridized carbons (Fsp3) is 0.550. The van der Waals surface area contributed by atoms with Crippen molar-refractivity contribution in [2.75, 3.05) is 0 Å². The molecule has 4 bridgehead atoms. The van der Waals surface area contributed by atoms with Crippen LogP contribution in [0.25, 0.3) is 6.08 Å². The van der Waals surface area contributed by atoms with Crippen LogP contribution in [0.15, 0.2) is 24.3 Å². The van der Waals surface area contributed by atoms with Crippen LogP contribution in [0.3, 0.4) is 0 Å². The topological polar surface area (TPSA) is 57.5 Å². The fourth-order valence-electron chi connectivity index (χ4n) is 5.61. The summed E-state index contributed by atoms with van der Waals surface area (Å²) in [4.78, 5) is 12.9. The second kappa shape index (κ2) is 5.40. The van der Waals surface area contributed by atoms with Crippen LogP contribution in [-0.4, -0.2) is 16.0 Å². The van der Waals surface area contributed by atoms with Crippen molar-refractivity contribution in [1.29, 1.82) is 0 Å². The van der Waals surface area contributed by atoms with Gasteiger partial charge in [0, 0.05) is 11.8 Å². The van der Waals surface area contributed by atoms with E-state index in [4.69, 9.17) is 0 Å². The lowest BCUT2D eigenvalue weighted by Gasteiger charge is -2.56. The van der Waals surface area contributed by atoms with E-state index in [1.54, 1.807) is 6.07 Å². The smallest absolute Gasteiger partial charge is 0.157 e. The molecule has 0 spiro atoms. The van der Waals surface area contributed by atoms with Crippen molar-refractivity contribution in [3.8, 4) is 11.5 Å². The van der Waals surface area contributed by atoms with E-state index in [9.17, 15) is 15.0 Å². The molecule has 3 heteroatoms. The van der Waals surface area contributed by atoms with Gasteiger partial charge in [0.2, 0.25) is 0 Å². The third-order valence-electron chi connectivity index (χ3n) is 6.24. The van der Waals surface area contributed by atoms with Gasteiger partial charge in [-0.25, -0.2) is 0 Å². The number of aromatic hydroxyl groups is 2. The molecule has 0 atom stereocenters. The molecule has 4 saturated carbocycles. The summed E-state index contributed by atoms with van der Waals surface area (Å²) in [5.41, 5.74) is 0.773. The molecule has 5 rings (SSSR count). The molecule has 0 aromatic heterocycles. The highest BCUT2D eigenvalue weighted by molar-refractivity contribution is 5.87. The summed E-state index contributed by atoms with van der Waals surface area (Å²) in [6.07, 6.45) is 11.7. The summed E-state index contributed by atoms with van der Waals surface area (Å²) < 4.78 is 0. The Kier molecular flexibility index (Phi) is 3.47. The number of phenolic OH excluding ortho intramolecular Hbond substituents is 2. The van der Waals surface area contributed by atoms with E-state index in [1.165, 1.54) is 31.4 Å². The predicted molar refractivity (Wildman–Crippen MR) is 89.0 cm³/mol. The van der Waals surface area contributed by atoms with Crippen LogP contribution in [0.2, 0.25) is 0 Å². The fourth-order valence-corrected chi connectivity index (χ4v) is 5.61. The first-order chi connectivity index (χ1) is 11.0. The van der Waals surface area contributed by atoms with E-state index < -0.39 is 0 Å². The molecular formula is C20H24O3. The van der Waals surface area contributed by atoms with Gasteiger partial charge in [-0.2, -0.15) is 0 Å². The molecule has 3 nitrogen and oxygen atoms in total. The monoisotopic (exact) mass is 312 g/mol. The summed E-state index contributed by atoms with van der Waals surface area (Å²) in [6, 6.07) is 4.72. The number of Topliss-reactive ketones (excluding diaryl/α,β-unsaturated/α-hetero) is 1. The number of phenols is 2. The third-order valence-corrected chi connectivity index (χ3v) is 6.24. The average Bonchev–Trinajstić information content (AvgIpc) is 2.49. The maximum Gasteiger partial charge on any atom is 0.157 e. The molecule has 0 amide bonds. The molecule has 0 heterocycles. The minimum Gasteiger partial charge on any atom is -0.504 e. The van der Waals surface area contributed by atoms with Crippen molar-refractivity contribution < 1.29 is 15.0 Å². The van der Waals surface area contributed by atoms with Crippen molar-refractivity contribution >= 4 is 11.9 Å². The quantitative estimate of drug-likeness (QED) is 0.816. The number of allylic oxidation sites excluding steroid dienone is 1. The van der Waals surface area contributed by atoms with E-state index >= 15 is 0 Å². The minimum absolute atomic E-state index is 0.0316. The highest BCUT2D eigenvalue weighted by Gasteiger charge is 2.53. The zero-order valence-electron chi connectivity index (χ0n) is 13.4. The Morgan fingerprint density at radius 3 is 2.22 bits per heavy atom. The van der Waals surface area contributed by atoms with Crippen molar-refractivity contribution in [1.82, 2.24) is 0 Å². The molecular weight excluding hydrogens is 288 g/mol. The summed E-state index contributed by atoms with van der Waals surface area (Å²) in [6.45, 7) is 0. The zero-order chi connectivity index (χ0) is 16.0. The van der Waals surface area contributed by atoms with Crippen LogP contribution in [0.1, 0.15) is 50.5 Å². The van der Waals surface area contributed by atoms with Crippen LogP contribution < -0.4 is 0 Å². The van der Waals surface area contributed by atoms with E-state index in [-0.39, 0.29) is 16.9 Å². The number of hydrogen-bond acceptors (Lipinski definition) is 3. The van der Waals surface area contributed by atoms with Crippen LogP contribution in [0, 0.1) is 23.2 Å². The molecule has 122 valence electrons. The lowest BCUT2D eigenvalue weighted by atomic mass is 9.48. The van der Waals surface area contributed by atoms with Gasteiger partial charge in [0.15, 0.2) is 11.5 Å². The number of carbonyl (C=O) groups is 1. The first kappa shape index (κ1) is 14.8. The highest BCUT2D eigenvalue weighted by atomic mass is 16.3. The van der Waals surface area contributed by atoms with E-state index in [2.05, 4.69) is 0 Å². The van der Waals surface area contributed by atoms with Crippen molar-refractivity contribution in [3.63, 3.8) is 0 Å². The van der Waals surface area contributed by atoms with Gasteiger partial charge in [0.1, 0.15) is 5.78 Å². The first-order valence-electron chi connectivity index (χ1n) is 8.76. The second-order valence-electron chi connectivity index (χ2n) is 7.98. The van der Waals surface area contributed by atoms with Crippen molar-refractivity contribution in [3.05, 3.63) is 29.8 Å². The zero-order valence-corrected chi connectivity index (χ0v) is 13.4.